The van der Waals surface area contributed by atoms with Gasteiger partial charge in [0, 0.05) is 38.4 Å². The zero-order valence-corrected chi connectivity index (χ0v) is 21.9. The number of carbonyl (C=O) groups is 1. The fraction of sp³-hybridized carbons (Fsp3) is 0.321. The highest BCUT2D eigenvalue weighted by Gasteiger charge is 2.44. The average molecular weight is 523 g/mol. The van der Waals surface area contributed by atoms with Crippen molar-refractivity contribution in [1.82, 2.24) is 9.21 Å². The third-order valence-corrected chi connectivity index (χ3v) is 9.00. The molecule has 3 aromatic carbocycles. The Labute approximate surface area is 217 Å². The third kappa shape index (κ3) is 4.93. The minimum atomic E-state index is -3.85. The Bertz CT molecular complexity index is 1390. The van der Waals surface area contributed by atoms with Crippen molar-refractivity contribution in [3.05, 3.63) is 89.7 Å². The highest BCUT2D eigenvalue weighted by Crippen LogP contribution is 2.31. The van der Waals surface area contributed by atoms with Gasteiger partial charge < -0.3 is 14.7 Å². The molecule has 5 rings (SSSR count). The number of hydrogen-bond acceptors (Lipinski definition) is 5. The molecule has 3 aromatic rings. The number of nitrogens with zero attached hydrogens (tertiary/aromatic N) is 4. The molecule has 0 saturated carbocycles. The molecule has 2 aliphatic heterocycles. The maximum Gasteiger partial charge on any atom is 0.246 e. The lowest BCUT2D eigenvalue weighted by molar-refractivity contribution is -0.132. The molecule has 9 heteroatoms. The Morgan fingerprint density at radius 2 is 1.54 bits per heavy atom. The van der Waals surface area contributed by atoms with Gasteiger partial charge in [0.1, 0.15) is 11.9 Å². The first-order valence-corrected chi connectivity index (χ1v) is 13.9. The number of piperazine rings is 1. The average Bonchev–Trinajstić information content (AvgIpc) is 3.37. The van der Waals surface area contributed by atoms with Crippen LogP contribution in [-0.2, 0) is 14.8 Å². The van der Waals surface area contributed by atoms with Crippen LogP contribution in [0.1, 0.15) is 11.1 Å². The minimum Gasteiger partial charge on any atom is -0.368 e. The van der Waals surface area contributed by atoms with E-state index >= 15 is 0 Å². The fourth-order valence-electron chi connectivity index (χ4n) is 5.11. The zero-order valence-electron chi connectivity index (χ0n) is 21.0. The van der Waals surface area contributed by atoms with E-state index in [1.54, 1.807) is 46.2 Å². The first-order chi connectivity index (χ1) is 17.8. The molecule has 2 heterocycles. The molecule has 2 saturated heterocycles. The minimum absolute atomic E-state index is 0.0401. The SMILES string of the molecule is Cc1ccc(C)c(N2CCN(C(=O)[C@@H]3CN(S(=O)(=O)c4ccccc4)CN3c3ccccc3F)CC2)c1. The van der Waals surface area contributed by atoms with E-state index < -0.39 is 21.9 Å². The predicted molar refractivity (Wildman–Crippen MR) is 143 cm³/mol. The van der Waals surface area contributed by atoms with Crippen LogP contribution < -0.4 is 9.80 Å². The van der Waals surface area contributed by atoms with Crippen molar-refractivity contribution in [3.8, 4) is 0 Å². The number of benzene rings is 3. The highest BCUT2D eigenvalue weighted by atomic mass is 32.2. The van der Waals surface area contributed by atoms with E-state index in [1.165, 1.54) is 39.3 Å². The number of hydrogen-bond donors (Lipinski definition) is 0. The van der Waals surface area contributed by atoms with Crippen molar-refractivity contribution in [2.45, 2.75) is 24.8 Å². The van der Waals surface area contributed by atoms with Gasteiger partial charge in [0.2, 0.25) is 15.9 Å². The monoisotopic (exact) mass is 522 g/mol. The Balaban J connectivity index is 1.38. The standard InChI is InChI=1S/C28H31FN4O3S/c1-21-12-13-22(2)26(18-21)30-14-16-31(17-15-30)28(34)27-19-32(37(35,36)23-8-4-3-5-9-23)20-33(27)25-11-7-6-10-24(25)29/h3-13,18,27H,14-17,19-20H2,1-2H3/t27-/m0/s1. The van der Waals surface area contributed by atoms with Gasteiger partial charge in [0.25, 0.3) is 0 Å². The van der Waals surface area contributed by atoms with Crippen LogP contribution in [0.3, 0.4) is 0 Å². The highest BCUT2D eigenvalue weighted by molar-refractivity contribution is 7.89. The van der Waals surface area contributed by atoms with Crippen LogP contribution in [0.5, 0.6) is 0 Å². The lowest BCUT2D eigenvalue weighted by atomic mass is 10.1. The summed E-state index contributed by atoms with van der Waals surface area (Å²) >= 11 is 0. The molecular weight excluding hydrogens is 491 g/mol. The van der Waals surface area contributed by atoms with Crippen molar-refractivity contribution >= 4 is 27.3 Å². The van der Waals surface area contributed by atoms with Crippen LogP contribution in [0.15, 0.2) is 77.7 Å². The van der Waals surface area contributed by atoms with Crippen LogP contribution in [0.2, 0.25) is 0 Å². The van der Waals surface area contributed by atoms with E-state index in [0.717, 1.165) is 0 Å². The van der Waals surface area contributed by atoms with Crippen LogP contribution in [0.25, 0.3) is 0 Å². The molecule has 7 nitrogen and oxygen atoms in total. The molecule has 0 N–H and O–H groups in total. The quantitative estimate of drug-likeness (QED) is 0.512. The second kappa shape index (κ2) is 10.1. The lowest BCUT2D eigenvalue weighted by Gasteiger charge is -2.39. The summed E-state index contributed by atoms with van der Waals surface area (Å²) in [5, 5.41) is 0. The van der Waals surface area contributed by atoms with Crippen LogP contribution in [-0.4, -0.2) is 69.0 Å². The zero-order chi connectivity index (χ0) is 26.2. The Morgan fingerprint density at radius 3 is 2.24 bits per heavy atom. The molecule has 0 aromatic heterocycles. The van der Waals surface area contributed by atoms with Crippen molar-refractivity contribution in [2.24, 2.45) is 0 Å². The molecular formula is C28H31FN4O3S. The number of carbonyl (C=O) groups excluding carboxylic acids is 1. The summed E-state index contributed by atoms with van der Waals surface area (Å²) in [6.45, 7) is 6.38. The van der Waals surface area contributed by atoms with Crippen LogP contribution >= 0.6 is 0 Å². The van der Waals surface area contributed by atoms with Crippen molar-refractivity contribution in [3.63, 3.8) is 0 Å². The molecule has 1 amide bonds. The van der Waals surface area contributed by atoms with E-state index in [4.69, 9.17) is 0 Å². The third-order valence-electron chi connectivity index (χ3n) is 7.19. The normalized spacial score (nSPS) is 18.9. The molecule has 37 heavy (non-hydrogen) atoms. The van der Waals surface area contributed by atoms with Crippen LogP contribution in [0.4, 0.5) is 15.8 Å². The van der Waals surface area contributed by atoms with Gasteiger partial charge >= 0.3 is 0 Å². The first kappa shape index (κ1) is 25.2. The fourth-order valence-corrected chi connectivity index (χ4v) is 6.53. The number of sulfonamides is 1. The molecule has 0 aliphatic carbocycles. The van der Waals surface area contributed by atoms with E-state index in [1.807, 2.05) is 0 Å². The van der Waals surface area contributed by atoms with Crippen molar-refractivity contribution in [1.29, 1.82) is 0 Å². The van der Waals surface area contributed by atoms with E-state index in [-0.39, 0.29) is 29.7 Å². The van der Waals surface area contributed by atoms with Gasteiger partial charge in [0.05, 0.1) is 17.3 Å². The number of para-hydroxylation sites is 1. The van der Waals surface area contributed by atoms with Gasteiger partial charge in [0.15, 0.2) is 0 Å². The number of anilines is 2. The summed E-state index contributed by atoms with van der Waals surface area (Å²) < 4.78 is 42.9. The molecule has 0 unspecified atom stereocenters. The first-order valence-electron chi connectivity index (χ1n) is 12.4. The summed E-state index contributed by atoms with van der Waals surface area (Å²) in [5.74, 6) is -0.673. The molecule has 0 radical (unpaired) electrons. The van der Waals surface area contributed by atoms with Gasteiger partial charge in [-0.3, -0.25) is 4.79 Å². The summed E-state index contributed by atoms with van der Waals surface area (Å²) in [6, 6.07) is 19.9. The van der Waals surface area contributed by atoms with Crippen molar-refractivity contribution < 1.29 is 17.6 Å². The Kier molecular flexibility index (Phi) is 6.92. The summed E-state index contributed by atoms with van der Waals surface area (Å²) in [5.41, 5.74) is 3.76. The predicted octanol–water partition coefficient (Wildman–Crippen LogP) is 3.63. The Hall–Kier alpha value is -3.43. The largest absolute Gasteiger partial charge is 0.368 e. The molecule has 2 fully saturated rings. The van der Waals surface area contributed by atoms with Crippen molar-refractivity contribution in [2.75, 3.05) is 49.2 Å². The summed E-state index contributed by atoms with van der Waals surface area (Å²) in [7, 11) is -3.85. The van der Waals surface area contributed by atoms with Gasteiger partial charge in [-0.2, -0.15) is 4.31 Å². The second-order valence-corrected chi connectivity index (χ2v) is 11.6. The Morgan fingerprint density at radius 1 is 0.865 bits per heavy atom. The maximum atomic E-state index is 14.8. The van der Waals surface area contributed by atoms with Gasteiger partial charge in [-0.25, -0.2) is 12.8 Å². The van der Waals surface area contributed by atoms with Crippen LogP contribution in [0, 0.1) is 19.7 Å². The molecule has 2 aliphatic rings. The molecule has 0 spiro atoms. The van der Waals surface area contributed by atoms with Gasteiger partial charge in [-0.1, -0.05) is 42.5 Å². The van der Waals surface area contributed by atoms with E-state index in [2.05, 4.69) is 36.9 Å². The molecule has 1 atom stereocenters. The second-order valence-electron chi connectivity index (χ2n) is 9.63. The topological polar surface area (TPSA) is 64.2 Å². The summed E-state index contributed by atoms with van der Waals surface area (Å²) in [4.78, 5) is 19.6. The number of amides is 1. The summed E-state index contributed by atoms with van der Waals surface area (Å²) in [6.07, 6.45) is 0. The smallest absolute Gasteiger partial charge is 0.246 e. The molecule has 0 bridgehead atoms. The van der Waals surface area contributed by atoms with E-state index in [0.29, 0.717) is 26.2 Å². The number of halogens is 1. The van der Waals surface area contributed by atoms with E-state index in [9.17, 15) is 17.6 Å². The van der Waals surface area contributed by atoms with Gasteiger partial charge in [-0.05, 0) is 55.3 Å². The molecule has 194 valence electrons. The maximum absolute atomic E-state index is 14.8. The van der Waals surface area contributed by atoms with Gasteiger partial charge in [-0.15, -0.1) is 0 Å². The number of aryl methyl sites for hydroxylation is 2. The number of rotatable bonds is 5. The lowest BCUT2D eigenvalue weighted by Crippen LogP contribution is -2.54.